The molecule has 1 atom stereocenters. The highest BCUT2D eigenvalue weighted by atomic mass is 32.2. The van der Waals surface area contributed by atoms with E-state index < -0.39 is 0 Å². The van der Waals surface area contributed by atoms with Gasteiger partial charge < -0.3 is 4.74 Å². The summed E-state index contributed by atoms with van der Waals surface area (Å²) in [5, 5.41) is 12.1. The molecule has 1 saturated heterocycles. The lowest BCUT2D eigenvalue weighted by atomic mass is 10.0. The summed E-state index contributed by atoms with van der Waals surface area (Å²) in [6.45, 7) is 4.78. The molecule has 0 radical (unpaired) electrons. The number of carbonyl (C=O) groups is 1. The van der Waals surface area contributed by atoms with E-state index in [0.29, 0.717) is 24.1 Å². The third-order valence-electron chi connectivity index (χ3n) is 3.38. The molecule has 1 aliphatic heterocycles. The Morgan fingerprint density at radius 3 is 2.71 bits per heavy atom. The maximum absolute atomic E-state index is 11.5. The van der Waals surface area contributed by atoms with Crippen molar-refractivity contribution in [1.29, 1.82) is 0 Å². The summed E-state index contributed by atoms with van der Waals surface area (Å²) in [6.07, 6.45) is 0.697. The molecule has 1 aliphatic rings. The summed E-state index contributed by atoms with van der Waals surface area (Å²) in [7, 11) is 0. The van der Waals surface area contributed by atoms with E-state index in [-0.39, 0.29) is 11.2 Å². The molecular weight excluding hydrogens is 288 g/mol. The number of tetrazole rings is 1. The zero-order valence-electron chi connectivity index (χ0n) is 11.9. The minimum absolute atomic E-state index is 0.190. The van der Waals surface area contributed by atoms with E-state index in [1.807, 2.05) is 12.1 Å². The summed E-state index contributed by atoms with van der Waals surface area (Å²) in [5.41, 5.74) is 2.15. The van der Waals surface area contributed by atoms with Crippen LogP contribution < -0.4 is 0 Å². The summed E-state index contributed by atoms with van der Waals surface area (Å²) < 4.78 is 6.62. The van der Waals surface area contributed by atoms with Gasteiger partial charge in [-0.05, 0) is 34.0 Å². The van der Waals surface area contributed by atoms with Crippen molar-refractivity contribution in [2.24, 2.45) is 0 Å². The molecule has 21 heavy (non-hydrogen) atoms. The van der Waals surface area contributed by atoms with Gasteiger partial charge in [0.25, 0.3) is 0 Å². The predicted octanol–water partition coefficient (Wildman–Crippen LogP) is 2.19. The van der Waals surface area contributed by atoms with Crippen LogP contribution in [-0.4, -0.2) is 38.0 Å². The van der Waals surface area contributed by atoms with Gasteiger partial charge in [-0.25, -0.2) is 0 Å². The molecule has 0 bridgehead atoms. The Bertz CT molecular complexity index is 639. The highest BCUT2D eigenvalue weighted by Crippen LogP contribution is 2.29. The van der Waals surface area contributed by atoms with E-state index >= 15 is 0 Å². The molecular formula is C14H16N4O2S. The Morgan fingerprint density at radius 2 is 2.10 bits per heavy atom. The summed E-state index contributed by atoms with van der Waals surface area (Å²) in [6, 6.07) is 8.12. The molecule has 7 heteroatoms. The summed E-state index contributed by atoms with van der Waals surface area (Å²) in [5.74, 6) is 0.291. The highest BCUT2D eigenvalue weighted by Gasteiger charge is 2.29. The lowest BCUT2D eigenvalue weighted by Gasteiger charge is -2.08. The minimum Gasteiger partial charge on any atom is -0.465 e. The molecule has 1 fully saturated rings. The number of cyclic esters (lactones) is 1. The average Bonchev–Trinajstić information content (AvgIpc) is 3.09. The zero-order valence-corrected chi connectivity index (χ0v) is 12.7. The molecule has 3 rings (SSSR count). The molecule has 0 saturated carbocycles. The van der Waals surface area contributed by atoms with E-state index in [1.165, 1.54) is 17.3 Å². The van der Waals surface area contributed by atoms with Gasteiger partial charge in [0.15, 0.2) is 0 Å². The summed E-state index contributed by atoms with van der Waals surface area (Å²) >= 11 is 1.35. The van der Waals surface area contributed by atoms with Crippen LogP contribution in [0.4, 0.5) is 0 Å². The monoisotopic (exact) mass is 304 g/mol. The van der Waals surface area contributed by atoms with Gasteiger partial charge in [0, 0.05) is 6.42 Å². The van der Waals surface area contributed by atoms with Crippen molar-refractivity contribution in [3.8, 4) is 5.69 Å². The van der Waals surface area contributed by atoms with Crippen LogP contribution in [0.3, 0.4) is 0 Å². The fourth-order valence-electron chi connectivity index (χ4n) is 2.13. The second-order valence-electron chi connectivity index (χ2n) is 5.18. The van der Waals surface area contributed by atoms with Crippen LogP contribution in [0.2, 0.25) is 0 Å². The average molecular weight is 304 g/mol. The normalized spacial score (nSPS) is 18.2. The Kier molecular flexibility index (Phi) is 3.92. The lowest BCUT2D eigenvalue weighted by Crippen LogP contribution is -2.11. The Balaban J connectivity index is 1.83. The van der Waals surface area contributed by atoms with Crippen LogP contribution in [-0.2, 0) is 9.53 Å². The quantitative estimate of drug-likeness (QED) is 0.806. The standard InChI is InChI=1S/C14H16N4O2S/c1-9(2)10-3-5-11(6-4-10)18-14(15-16-17-18)21-12-7-8-20-13(12)19/h3-6,9,12H,7-8H2,1-2H3/t12-/m0/s1. The van der Waals surface area contributed by atoms with Crippen molar-refractivity contribution in [2.75, 3.05) is 6.61 Å². The first-order chi connectivity index (χ1) is 10.1. The molecule has 0 aliphatic carbocycles. The number of rotatable bonds is 4. The van der Waals surface area contributed by atoms with Gasteiger partial charge in [-0.3, -0.25) is 4.79 Å². The number of carbonyl (C=O) groups excluding carboxylic acids is 1. The molecule has 0 spiro atoms. The van der Waals surface area contributed by atoms with E-state index in [4.69, 9.17) is 4.74 Å². The van der Waals surface area contributed by atoms with E-state index in [9.17, 15) is 4.79 Å². The van der Waals surface area contributed by atoms with Crippen molar-refractivity contribution in [2.45, 2.75) is 36.6 Å². The molecule has 1 aromatic heterocycles. The minimum atomic E-state index is -0.218. The topological polar surface area (TPSA) is 69.9 Å². The van der Waals surface area contributed by atoms with Crippen molar-refractivity contribution in [1.82, 2.24) is 20.2 Å². The van der Waals surface area contributed by atoms with Crippen LogP contribution in [0.5, 0.6) is 0 Å². The van der Waals surface area contributed by atoms with Gasteiger partial charge in [-0.15, -0.1) is 5.10 Å². The Hall–Kier alpha value is -1.89. The molecule has 0 N–H and O–H groups in total. The van der Waals surface area contributed by atoms with Crippen LogP contribution in [0.1, 0.15) is 31.7 Å². The highest BCUT2D eigenvalue weighted by molar-refractivity contribution is 8.00. The lowest BCUT2D eigenvalue weighted by molar-refractivity contribution is -0.137. The van der Waals surface area contributed by atoms with Crippen LogP contribution in [0, 0.1) is 0 Å². The fourth-order valence-corrected chi connectivity index (χ4v) is 3.08. The first-order valence-electron chi connectivity index (χ1n) is 6.87. The van der Waals surface area contributed by atoms with Crippen molar-refractivity contribution < 1.29 is 9.53 Å². The smallest absolute Gasteiger partial charge is 0.319 e. The summed E-state index contributed by atoms with van der Waals surface area (Å²) in [4.78, 5) is 11.5. The predicted molar refractivity (Wildman–Crippen MR) is 78.5 cm³/mol. The molecule has 0 unspecified atom stereocenters. The largest absolute Gasteiger partial charge is 0.465 e. The van der Waals surface area contributed by atoms with Gasteiger partial charge in [-0.1, -0.05) is 37.7 Å². The van der Waals surface area contributed by atoms with Crippen molar-refractivity contribution >= 4 is 17.7 Å². The number of hydrogen-bond donors (Lipinski definition) is 0. The first kappa shape index (κ1) is 14.1. The second-order valence-corrected chi connectivity index (χ2v) is 6.35. The SMILES string of the molecule is CC(C)c1ccc(-n2nnnc2S[C@H]2CCOC2=O)cc1. The number of aromatic nitrogens is 4. The van der Waals surface area contributed by atoms with Gasteiger partial charge in [0.05, 0.1) is 12.3 Å². The zero-order chi connectivity index (χ0) is 14.8. The third-order valence-corrected chi connectivity index (χ3v) is 4.56. The number of thioether (sulfide) groups is 1. The molecule has 2 aromatic rings. The van der Waals surface area contributed by atoms with Crippen LogP contribution >= 0.6 is 11.8 Å². The van der Waals surface area contributed by atoms with Crippen LogP contribution in [0.15, 0.2) is 29.4 Å². The molecule has 0 amide bonds. The number of nitrogens with zero attached hydrogens (tertiary/aromatic N) is 4. The van der Waals surface area contributed by atoms with E-state index in [1.54, 1.807) is 4.68 Å². The van der Waals surface area contributed by atoms with Gasteiger partial charge in [-0.2, -0.15) is 4.68 Å². The maximum atomic E-state index is 11.5. The fraction of sp³-hybridized carbons (Fsp3) is 0.429. The van der Waals surface area contributed by atoms with E-state index in [2.05, 4.69) is 41.5 Å². The first-order valence-corrected chi connectivity index (χ1v) is 7.75. The Labute approximate surface area is 126 Å². The van der Waals surface area contributed by atoms with Gasteiger partial charge >= 0.3 is 5.97 Å². The number of esters is 1. The van der Waals surface area contributed by atoms with Gasteiger partial charge in [0.1, 0.15) is 5.25 Å². The number of ether oxygens (including phenoxy) is 1. The number of hydrogen-bond acceptors (Lipinski definition) is 6. The maximum Gasteiger partial charge on any atom is 0.319 e. The van der Waals surface area contributed by atoms with E-state index in [0.717, 1.165) is 5.69 Å². The Morgan fingerprint density at radius 1 is 1.33 bits per heavy atom. The van der Waals surface area contributed by atoms with Gasteiger partial charge in [0.2, 0.25) is 5.16 Å². The van der Waals surface area contributed by atoms with Crippen molar-refractivity contribution in [3.05, 3.63) is 29.8 Å². The molecule has 2 heterocycles. The third kappa shape index (κ3) is 2.92. The van der Waals surface area contributed by atoms with Crippen molar-refractivity contribution in [3.63, 3.8) is 0 Å². The molecule has 1 aromatic carbocycles. The molecule has 110 valence electrons. The second kappa shape index (κ2) is 5.85. The molecule has 6 nitrogen and oxygen atoms in total. The van der Waals surface area contributed by atoms with Crippen LogP contribution in [0.25, 0.3) is 5.69 Å². The number of benzene rings is 1.